The number of amides is 1. The molecule has 2 aliphatic heterocycles. The molecule has 2 fully saturated rings. The summed E-state index contributed by atoms with van der Waals surface area (Å²) >= 11 is 0.332. The van der Waals surface area contributed by atoms with Gasteiger partial charge in [-0.2, -0.15) is 0 Å². The lowest BCUT2D eigenvalue weighted by Gasteiger charge is -2.64. The number of likely N-dealkylation sites (tertiary alicyclic amines) is 1. The number of benzene rings is 1. The first-order valence-electron chi connectivity index (χ1n) is 10.0. The second-order valence-electron chi connectivity index (χ2n) is 8.01. The van der Waals surface area contributed by atoms with Crippen LogP contribution in [0.5, 0.6) is 0 Å². The Balaban J connectivity index is 1.71. The SMILES string of the molecule is [B]C1(O)C(=C2C(O)(O)N(Sc3ccccn3)C2(O)O)C(O)(O)N1C(=O)[C@H](CO)c1ccc(F)cc1F. The highest BCUT2D eigenvalue weighted by Gasteiger charge is 2.76. The Kier molecular flexibility index (Phi) is 6.29. The number of aliphatic hydroxyl groups excluding tert-OH is 1. The number of aromatic nitrogens is 1. The molecule has 0 aliphatic carbocycles. The number of rotatable bonds is 5. The van der Waals surface area contributed by atoms with E-state index >= 15 is 0 Å². The molecule has 1 amide bonds. The van der Waals surface area contributed by atoms with Gasteiger partial charge in [-0.15, -0.1) is 4.31 Å². The van der Waals surface area contributed by atoms with Gasteiger partial charge in [0.1, 0.15) is 22.3 Å². The van der Waals surface area contributed by atoms with Crippen molar-refractivity contribution in [3.05, 3.63) is 70.9 Å². The summed E-state index contributed by atoms with van der Waals surface area (Å²) in [7, 11) is 5.64. The third kappa shape index (κ3) is 3.74. The molecule has 8 N–H and O–H groups in total. The molecule has 0 spiro atoms. The number of hydrogen-bond donors (Lipinski definition) is 8. The maximum Gasteiger partial charge on any atom is 0.279 e. The number of pyridine rings is 1. The van der Waals surface area contributed by atoms with Crippen molar-refractivity contribution in [3.8, 4) is 0 Å². The summed E-state index contributed by atoms with van der Waals surface area (Å²) in [6.45, 7) is -1.15. The summed E-state index contributed by atoms with van der Waals surface area (Å²) in [5.74, 6) is -16.2. The monoisotopic (exact) mass is 525 g/mol. The Bertz CT molecular complexity index is 1210. The summed E-state index contributed by atoms with van der Waals surface area (Å²) in [6, 6.07) is 6.36. The minimum Gasteiger partial charge on any atom is -0.395 e. The summed E-state index contributed by atoms with van der Waals surface area (Å²) in [4.78, 5) is 16.6. The van der Waals surface area contributed by atoms with Crippen LogP contribution in [-0.4, -0.2) is 98.8 Å². The lowest BCUT2D eigenvalue weighted by atomic mass is 9.66. The van der Waals surface area contributed by atoms with Crippen LogP contribution in [0.3, 0.4) is 0 Å². The van der Waals surface area contributed by atoms with Crippen molar-refractivity contribution in [1.82, 2.24) is 14.2 Å². The molecular formula is C20H18BF2N3O9S. The molecule has 16 heteroatoms. The highest BCUT2D eigenvalue weighted by Crippen LogP contribution is 2.58. The molecule has 3 heterocycles. The lowest BCUT2D eigenvalue weighted by molar-refractivity contribution is -0.405. The number of hydrogen-bond acceptors (Lipinski definition) is 12. The molecule has 2 saturated heterocycles. The highest BCUT2D eigenvalue weighted by molar-refractivity contribution is 7.97. The highest BCUT2D eigenvalue weighted by atomic mass is 32.2. The Hall–Kier alpha value is -2.51. The second-order valence-corrected chi connectivity index (χ2v) is 8.98. The largest absolute Gasteiger partial charge is 0.395 e. The van der Waals surface area contributed by atoms with Gasteiger partial charge in [-0.3, -0.25) is 9.69 Å². The third-order valence-electron chi connectivity index (χ3n) is 5.70. The van der Waals surface area contributed by atoms with Gasteiger partial charge in [0, 0.05) is 17.8 Å². The first kappa shape index (κ1) is 26.6. The normalized spacial score (nSPS) is 25.2. The average molecular weight is 525 g/mol. The van der Waals surface area contributed by atoms with Crippen LogP contribution < -0.4 is 0 Å². The fourth-order valence-electron chi connectivity index (χ4n) is 4.13. The second kappa shape index (κ2) is 8.52. The Morgan fingerprint density at radius 1 is 1.00 bits per heavy atom. The van der Waals surface area contributed by atoms with E-state index in [1.54, 1.807) is 0 Å². The Morgan fingerprint density at radius 2 is 1.64 bits per heavy atom. The van der Waals surface area contributed by atoms with Crippen molar-refractivity contribution in [2.24, 2.45) is 0 Å². The quantitative estimate of drug-likeness (QED) is 0.0874. The van der Waals surface area contributed by atoms with Crippen LogP contribution in [0.15, 0.2) is 58.8 Å². The molecule has 2 atom stereocenters. The molecule has 2 radical (unpaired) electrons. The molecule has 190 valence electrons. The molecular weight excluding hydrogens is 507 g/mol. The van der Waals surface area contributed by atoms with Crippen LogP contribution in [0, 0.1) is 11.6 Å². The van der Waals surface area contributed by atoms with Gasteiger partial charge >= 0.3 is 0 Å². The van der Waals surface area contributed by atoms with Crippen molar-refractivity contribution in [3.63, 3.8) is 0 Å². The topological polar surface area (TPSA) is 198 Å². The summed E-state index contributed by atoms with van der Waals surface area (Å²) in [6.07, 6.45) is 1.32. The van der Waals surface area contributed by atoms with Crippen molar-refractivity contribution < 1.29 is 54.4 Å². The van der Waals surface area contributed by atoms with E-state index < -0.39 is 70.1 Å². The maximum absolute atomic E-state index is 14.2. The minimum atomic E-state index is -3.67. The standard InChI is InChI=1S/C20H18BF2N3O9S/c21-17(29)14(15-19(32,33)26(20(15,34)35)36-13-3-1-2-6-24-13)18(30,31)25(17)16(28)11(8-27)10-5-4-9(22)7-12(10)23/h1-7,11,27,29-35H,8H2/t11-,17?/m1/s1. The molecule has 4 rings (SSSR count). The zero-order chi connectivity index (χ0) is 26.8. The van der Waals surface area contributed by atoms with Gasteiger partial charge < -0.3 is 40.9 Å². The molecule has 2 aliphatic rings. The molecule has 2 aromatic rings. The van der Waals surface area contributed by atoms with Crippen LogP contribution in [0.25, 0.3) is 0 Å². The fourth-order valence-corrected chi connectivity index (χ4v) is 5.00. The van der Waals surface area contributed by atoms with Gasteiger partial charge in [0.2, 0.25) is 5.91 Å². The molecule has 1 unspecified atom stereocenters. The summed E-state index contributed by atoms with van der Waals surface area (Å²) in [5, 5.41) is 83.5. The molecule has 1 aromatic heterocycles. The van der Waals surface area contributed by atoms with Crippen LogP contribution in [0.2, 0.25) is 0 Å². The van der Waals surface area contributed by atoms with Crippen molar-refractivity contribution in [2.45, 2.75) is 34.3 Å². The number of carbonyl (C=O) groups excluding carboxylic acids is 1. The van der Waals surface area contributed by atoms with Gasteiger partial charge in [0.15, 0.2) is 7.85 Å². The zero-order valence-electron chi connectivity index (χ0n) is 17.9. The van der Waals surface area contributed by atoms with E-state index in [1.165, 1.54) is 24.4 Å². The van der Waals surface area contributed by atoms with Gasteiger partial charge in [-0.05, 0) is 30.1 Å². The van der Waals surface area contributed by atoms with E-state index in [9.17, 15) is 54.4 Å². The average Bonchev–Trinajstić information content (AvgIpc) is 2.77. The van der Waals surface area contributed by atoms with Crippen molar-refractivity contribution >= 4 is 25.7 Å². The number of nitrogens with zero attached hydrogens (tertiary/aromatic N) is 3. The molecule has 1 aromatic carbocycles. The summed E-state index contributed by atoms with van der Waals surface area (Å²) in [5.41, 5.74) is -6.68. The Labute approximate surface area is 206 Å². The van der Waals surface area contributed by atoms with E-state index in [4.69, 9.17) is 7.85 Å². The van der Waals surface area contributed by atoms with E-state index in [0.717, 1.165) is 12.1 Å². The molecule has 36 heavy (non-hydrogen) atoms. The molecule has 0 saturated carbocycles. The predicted molar refractivity (Wildman–Crippen MR) is 114 cm³/mol. The van der Waals surface area contributed by atoms with E-state index in [1.807, 2.05) is 0 Å². The number of aliphatic hydroxyl groups is 8. The first-order valence-corrected chi connectivity index (χ1v) is 10.8. The predicted octanol–water partition coefficient (Wildman–Crippen LogP) is -2.67. The maximum atomic E-state index is 14.2. The van der Waals surface area contributed by atoms with Crippen LogP contribution in [0.1, 0.15) is 11.5 Å². The van der Waals surface area contributed by atoms with Gasteiger partial charge in [-0.25, -0.2) is 13.8 Å². The van der Waals surface area contributed by atoms with E-state index in [0.29, 0.717) is 18.0 Å². The zero-order valence-corrected chi connectivity index (χ0v) is 18.7. The van der Waals surface area contributed by atoms with E-state index in [2.05, 4.69) is 4.98 Å². The van der Waals surface area contributed by atoms with Crippen LogP contribution in [0.4, 0.5) is 8.78 Å². The van der Waals surface area contributed by atoms with Crippen LogP contribution >= 0.6 is 11.9 Å². The third-order valence-corrected chi connectivity index (χ3v) is 6.83. The van der Waals surface area contributed by atoms with Crippen molar-refractivity contribution in [2.75, 3.05) is 6.61 Å². The molecule has 0 bridgehead atoms. The van der Waals surface area contributed by atoms with Gasteiger partial charge in [0.25, 0.3) is 17.7 Å². The van der Waals surface area contributed by atoms with E-state index in [-0.39, 0.29) is 14.2 Å². The van der Waals surface area contributed by atoms with Crippen LogP contribution in [-0.2, 0) is 4.79 Å². The number of carbonyl (C=O) groups is 1. The van der Waals surface area contributed by atoms with Gasteiger partial charge in [-0.1, -0.05) is 12.1 Å². The van der Waals surface area contributed by atoms with Crippen molar-refractivity contribution in [1.29, 1.82) is 0 Å². The summed E-state index contributed by atoms with van der Waals surface area (Å²) < 4.78 is 27.6. The first-order chi connectivity index (χ1) is 16.6. The smallest absolute Gasteiger partial charge is 0.279 e. The molecule has 12 nitrogen and oxygen atoms in total. The number of halogens is 2. The lowest BCUT2D eigenvalue weighted by Crippen LogP contribution is -2.83. The van der Waals surface area contributed by atoms with Gasteiger partial charge in [0.05, 0.1) is 23.7 Å². The fraction of sp³-hybridized carbons (Fsp3) is 0.300. The Morgan fingerprint density at radius 3 is 2.14 bits per heavy atom. The minimum absolute atomic E-state index is 0.0568.